The SMILES string of the molecule is CCc1nn(C2CCCCC2C#N)c(CC)c1[N+](=O)[O-]. The lowest BCUT2D eigenvalue weighted by atomic mass is 9.85. The van der Waals surface area contributed by atoms with Crippen LogP contribution in [-0.4, -0.2) is 14.7 Å². The smallest absolute Gasteiger partial charge is 0.258 e. The fourth-order valence-electron chi connectivity index (χ4n) is 3.12. The third kappa shape index (κ3) is 2.40. The molecule has 6 nitrogen and oxygen atoms in total. The summed E-state index contributed by atoms with van der Waals surface area (Å²) in [6.45, 7) is 3.78. The first kappa shape index (κ1) is 14.5. The summed E-state index contributed by atoms with van der Waals surface area (Å²) in [7, 11) is 0. The number of nitrogens with zero attached hydrogens (tertiary/aromatic N) is 4. The molecule has 2 rings (SSSR count). The van der Waals surface area contributed by atoms with Gasteiger partial charge in [-0.05, 0) is 25.7 Å². The fraction of sp³-hybridized carbons (Fsp3) is 0.714. The molecule has 1 aliphatic carbocycles. The minimum absolute atomic E-state index is 0.0114. The van der Waals surface area contributed by atoms with E-state index < -0.39 is 0 Å². The van der Waals surface area contributed by atoms with Gasteiger partial charge in [0.05, 0.1) is 23.0 Å². The highest BCUT2D eigenvalue weighted by atomic mass is 16.6. The number of rotatable bonds is 4. The first-order valence-electron chi connectivity index (χ1n) is 7.28. The summed E-state index contributed by atoms with van der Waals surface area (Å²) in [5, 5.41) is 25.1. The van der Waals surface area contributed by atoms with Crippen molar-refractivity contribution in [1.82, 2.24) is 9.78 Å². The molecular weight excluding hydrogens is 256 g/mol. The third-order valence-corrected chi connectivity index (χ3v) is 4.11. The molecule has 1 aliphatic rings. The van der Waals surface area contributed by atoms with Crippen molar-refractivity contribution >= 4 is 5.69 Å². The molecule has 0 aromatic carbocycles. The van der Waals surface area contributed by atoms with Gasteiger partial charge in [-0.2, -0.15) is 10.4 Å². The lowest BCUT2D eigenvalue weighted by molar-refractivity contribution is -0.386. The normalized spacial score (nSPS) is 22.4. The number of aromatic nitrogens is 2. The topological polar surface area (TPSA) is 84.8 Å². The van der Waals surface area contributed by atoms with Crippen LogP contribution in [0.4, 0.5) is 5.69 Å². The van der Waals surface area contributed by atoms with Gasteiger partial charge in [-0.1, -0.05) is 26.7 Å². The minimum atomic E-state index is -0.328. The van der Waals surface area contributed by atoms with Crippen LogP contribution in [0.2, 0.25) is 0 Å². The Kier molecular flexibility index (Phi) is 4.38. The molecule has 6 heteroatoms. The second-order valence-electron chi connectivity index (χ2n) is 5.24. The van der Waals surface area contributed by atoms with Crippen LogP contribution >= 0.6 is 0 Å². The van der Waals surface area contributed by atoms with Crippen molar-refractivity contribution in [2.45, 2.75) is 58.4 Å². The molecule has 1 aromatic rings. The Balaban J connectivity index is 2.50. The molecule has 0 spiro atoms. The van der Waals surface area contributed by atoms with Crippen molar-refractivity contribution in [3.05, 3.63) is 21.5 Å². The highest BCUT2D eigenvalue weighted by Gasteiger charge is 2.33. The van der Waals surface area contributed by atoms with Crippen molar-refractivity contribution < 1.29 is 4.92 Å². The van der Waals surface area contributed by atoms with Crippen LogP contribution in [0.1, 0.15) is 57.0 Å². The summed E-state index contributed by atoms with van der Waals surface area (Å²) < 4.78 is 1.78. The van der Waals surface area contributed by atoms with Crippen molar-refractivity contribution in [2.24, 2.45) is 5.92 Å². The number of hydrogen-bond donors (Lipinski definition) is 0. The van der Waals surface area contributed by atoms with Gasteiger partial charge in [0.25, 0.3) is 0 Å². The first-order valence-corrected chi connectivity index (χ1v) is 7.28. The highest BCUT2D eigenvalue weighted by molar-refractivity contribution is 5.41. The zero-order valence-electron chi connectivity index (χ0n) is 12.0. The van der Waals surface area contributed by atoms with Gasteiger partial charge >= 0.3 is 5.69 Å². The van der Waals surface area contributed by atoms with Gasteiger partial charge in [-0.15, -0.1) is 0 Å². The molecule has 2 atom stereocenters. The average Bonchev–Trinajstić information content (AvgIpc) is 2.85. The molecule has 1 saturated carbocycles. The molecule has 0 bridgehead atoms. The molecule has 1 heterocycles. The van der Waals surface area contributed by atoms with Gasteiger partial charge in [0.15, 0.2) is 0 Å². The maximum Gasteiger partial charge on any atom is 0.313 e. The maximum atomic E-state index is 11.3. The lowest BCUT2D eigenvalue weighted by Crippen LogP contribution is -2.24. The number of nitro groups is 1. The van der Waals surface area contributed by atoms with Gasteiger partial charge in [0, 0.05) is 0 Å². The summed E-state index contributed by atoms with van der Waals surface area (Å²) in [6, 6.07) is 2.34. The van der Waals surface area contributed by atoms with Gasteiger partial charge in [-0.25, -0.2) is 0 Å². The van der Waals surface area contributed by atoms with Gasteiger partial charge in [0.1, 0.15) is 11.4 Å². The molecule has 0 radical (unpaired) electrons. The van der Waals surface area contributed by atoms with E-state index in [2.05, 4.69) is 11.2 Å². The largest absolute Gasteiger partial charge is 0.313 e. The van der Waals surface area contributed by atoms with E-state index in [9.17, 15) is 15.4 Å². The molecule has 108 valence electrons. The van der Waals surface area contributed by atoms with E-state index in [1.54, 1.807) is 4.68 Å². The zero-order chi connectivity index (χ0) is 14.7. The van der Waals surface area contributed by atoms with Crippen LogP contribution in [0, 0.1) is 27.4 Å². The average molecular weight is 276 g/mol. The Bertz CT molecular complexity index is 544. The van der Waals surface area contributed by atoms with E-state index in [0.29, 0.717) is 24.2 Å². The monoisotopic (exact) mass is 276 g/mol. The number of aryl methyl sites for hydroxylation is 1. The predicted octanol–water partition coefficient (Wildman–Crippen LogP) is 3.17. The Morgan fingerprint density at radius 1 is 1.40 bits per heavy atom. The molecule has 20 heavy (non-hydrogen) atoms. The van der Waals surface area contributed by atoms with Crippen molar-refractivity contribution in [2.75, 3.05) is 0 Å². The molecule has 1 fully saturated rings. The van der Waals surface area contributed by atoms with Crippen LogP contribution in [0.15, 0.2) is 0 Å². The van der Waals surface area contributed by atoms with E-state index in [4.69, 9.17) is 0 Å². The Labute approximate surface area is 118 Å². The molecular formula is C14H20N4O2. The Hall–Kier alpha value is -1.90. The molecule has 0 amide bonds. The summed E-state index contributed by atoms with van der Waals surface area (Å²) in [5.74, 6) is -0.0849. The van der Waals surface area contributed by atoms with Crippen molar-refractivity contribution in [3.63, 3.8) is 0 Å². The van der Waals surface area contributed by atoms with E-state index in [1.807, 2.05) is 13.8 Å². The van der Waals surface area contributed by atoms with Crippen LogP contribution in [-0.2, 0) is 12.8 Å². The molecule has 1 aromatic heterocycles. The third-order valence-electron chi connectivity index (χ3n) is 4.11. The predicted molar refractivity (Wildman–Crippen MR) is 74.2 cm³/mol. The molecule has 0 saturated heterocycles. The Morgan fingerprint density at radius 2 is 2.10 bits per heavy atom. The maximum absolute atomic E-state index is 11.3. The molecule has 0 N–H and O–H groups in total. The second-order valence-corrected chi connectivity index (χ2v) is 5.24. The first-order chi connectivity index (χ1) is 9.63. The quantitative estimate of drug-likeness (QED) is 0.624. The summed E-state index contributed by atoms with van der Waals surface area (Å²) >= 11 is 0. The highest BCUT2D eigenvalue weighted by Crippen LogP contribution is 2.37. The lowest BCUT2D eigenvalue weighted by Gasteiger charge is -2.28. The molecule has 0 aliphatic heterocycles. The van der Waals surface area contributed by atoms with Crippen LogP contribution in [0.3, 0.4) is 0 Å². The number of nitriles is 1. The van der Waals surface area contributed by atoms with Gasteiger partial charge in [0.2, 0.25) is 0 Å². The van der Waals surface area contributed by atoms with E-state index in [0.717, 1.165) is 25.7 Å². The van der Waals surface area contributed by atoms with Crippen LogP contribution < -0.4 is 0 Å². The van der Waals surface area contributed by atoms with Crippen molar-refractivity contribution in [3.8, 4) is 6.07 Å². The zero-order valence-corrected chi connectivity index (χ0v) is 12.0. The van der Waals surface area contributed by atoms with E-state index >= 15 is 0 Å². The van der Waals surface area contributed by atoms with E-state index in [1.165, 1.54) is 0 Å². The summed E-state index contributed by atoms with van der Waals surface area (Å²) in [6.07, 6.45) is 4.96. The van der Waals surface area contributed by atoms with Gasteiger partial charge < -0.3 is 0 Å². The summed E-state index contributed by atoms with van der Waals surface area (Å²) in [4.78, 5) is 11.0. The number of hydrogen-bond acceptors (Lipinski definition) is 4. The van der Waals surface area contributed by atoms with Crippen LogP contribution in [0.25, 0.3) is 0 Å². The minimum Gasteiger partial charge on any atom is -0.258 e. The molecule has 2 unspecified atom stereocenters. The summed E-state index contributed by atoms with van der Waals surface area (Å²) in [5.41, 5.74) is 1.35. The standard InChI is InChI=1S/C14H20N4O2/c1-3-11-14(18(19)20)12(4-2)17(16-11)13-8-6-5-7-10(13)9-15/h10,13H,3-8H2,1-2H3. The van der Waals surface area contributed by atoms with Crippen LogP contribution in [0.5, 0.6) is 0 Å². The van der Waals surface area contributed by atoms with Crippen molar-refractivity contribution in [1.29, 1.82) is 5.26 Å². The fourth-order valence-corrected chi connectivity index (χ4v) is 3.12. The second kappa shape index (κ2) is 6.04. The van der Waals surface area contributed by atoms with E-state index in [-0.39, 0.29) is 22.6 Å². The Morgan fingerprint density at radius 3 is 2.65 bits per heavy atom. The van der Waals surface area contributed by atoms with Gasteiger partial charge in [-0.3, -0.25) is 14.8 Å².